The molecule has 0 radical (unpaired) electrons. The van der Waals surface area contributed by atoms with Crippen molar-refractivity contribution in [1.29, 1.82) is 0 Å². The Hall–Kier alpha value is -4.39. The van der Waals surface area contributed by atoms with Crippen molar-refractivity contribution in [2.24, 2.45) is 0 Å². The van der Waals surface area contributed by atoms with E-state index in [-0.39, 0.29) is 11.3 Å². The number of aryl methyl sites for hydroxylation is 2. The molecule has 0 aromatic heterocycles. The minimum Gasteiger partial charge on any atom is -0.507 e. The number of carbonyl (C=O) groups is 3. The first-order valence-corrected chi connectivity index (χ1v) is 12.1. The van der Waals surface area contributed by atoms with E-state index < -0.39 is 23.7 Å². The van der Waals surface area contributed by atoms with E-state index >= 15 is 0 Å². The van der Waals surface area contributed by atoms with Crippen molar-refractivity contribution in [3.05, 3.63) is 94.6 Å². The number of amides is 1. The zero-order chi connectivity index (χ0) is 26.7. The fourth-order valence-electron chi connectivity index (χ4n) is 4.50. The summed E-state index contributed by atoms with van der Waals surface area (Å²) in [4.78, 5) is 39.6. The summed E-state index contributed by atoms with van der Waals surface area (Å²) in [5, 5.41) is 11.4. The molecule has 190 valence electrons. The number of nitrogens with zero attached hydrogens (tertiary/aromatic N) is 1. The SMILES string of the molecule is CCCOc1cccc(/C(O)=C2\C(=O)C(=O)N(c3cc(C)cc(C)c3)C2c2ccc(OC(C)=O)cc2)c1. The third-order valence-corrected chi connectivity index (χ3v) is 5.97. The van der Waals surface area contributed by atoms with Gasteiger partial charge in [0.05, 0.1) is 18.2 Å². The molecule has 3 aromatic rings. The summed E-state index contributed by atoms with van der Waals surface area (Å²) in [7, 11) is 0. The molecule has 0 bridgehead atoms. The number of benzene rings is 3. The Labute approximate surface area is 215 Å². The van der Waals surface area contributed by atoms with E-state index in [2.05, 4.69) is 0 Å². The van der Waals surface area contributed by atoms with Gasteiger partial charge in [0.15, 0.2) is 0 Å². The van der Waals surface area contributed by atoms with E-state index in [1.165, 1.54) is 11.8 Å². The van der Waals surface area contributed by atoms with Crippen molar-refractivity contribution >= 4 is 29.1 Å². The van der Waals surface area contributed by atoms with Crippen LogP contribution in [0.4, 0.5) is 5.69 Å². The molecule has 1 N–H and O–H groups in total. The second kappa shape index (κ2) is 10.7. The molecule has 0 aliphatic carbocycles. The van der Waals surface area contributed by atoms with Gasteiger partial charge in [0.2, 0.25) is 0 Å². The van der Waals surface area contributed by atoms with Gasteiger partial charge in [-0.1, -0.05) is 37.3 Å². The number of anilines is 1. The van der Waals surface area contributed by atoms with Crippen LogP contribution in [-0.4, -0.2) is 29.4 Å². The quantitative estimate of drug-likeness (QED) is 0.149. The van der Waals surface area contributed by atoms with Gasteiger partial charge in [0.25, 0.3) is 11.7 Å². The molecular weight excluding hydrogens is 470 g/mol. The molecule has 1 heterocycles. The van der Waals surface area contributed by atoms with E-state index in [9.17, 15) is 19.5 Å². The first kappa shape index (κ1) is 25.7. The molecule has 7 nitrogen and oxygen atoms in total. The molecule has 4 rings (SSSR count). The van der Waals surface area contributed by atoms with Crippen LogP contribution in [0.3, 0.4) is 0 Å². The summed E-state index contributed by atoms with van der Waals surface area (Å²) in [6.07, 6.45) is 0.820. The molecule has 1 aliphatic heterocycles. The topological polar surface area (TPSA) is 93.1 Å². The third kappa shape index (κ3) is 5.40. The Bertz CT molecular complexity index is 1370. The number of ketones is 1. The number of hydrogen-bond acceptors (Lipinski definition) is 6. The van der Waals surface area contributed by atoms with Gasteiger partial charge in [-0.2, -0.15) is 0 Å². The van der Waals surface area contributed by atoms with Crippen LogP contribution < -0.4 is 14.4 Å². The molecular formula is C30H29NO6. The monoisotopic (exact) mass is 499 g/mol. The standard InChI is InChI=1S/C30H29NO6/c1-5-13-36-25-8-6-7-22(17-25)28(33)26-27(21-9-11-24(12-10-21)37-20(4)32)31(30(35)29(26)34)23-15-18(2)14-19(3)16-23/h6-12,14-17,27,33H,5,13H2,1-4H3/b28-26+. The average Bonchev–Trinajstić information content (AvgIpc) is 3.12. The average molecular weight is 500 g/mol. The minimum absolute atomic E-state index is 0.0305. The number of ether oxygens (including phenoxy) is 2. The molecule has 1 saturated heterocycles. The van der Waals surface area contributed by atoms with Crippen LogP contribution in [-0.2, 0) is 14.4 Å². The zero-order valence-electron chi connectivity index (χ0n) is 21.3. The number of esters is 1. The number of carbonyl (C=O) groups excluding carboxylic acids is 3. The third-order valence-electron chi connectivity index (χ3n) is 5.97. The summed E-state index contributed by atoms with van der Waals surface area (Å²) in [5.41, 5.74) is 3.33. The Morgan fingerprint density at radius 1 is 0.946 bits per heavy atom. The molecule has 3 aromatic carbocycles. The Morgan fingerprint density at radius 2 is 1.62 bits per heavy atom. The molecule has 1 unspecified atom stereocenters. The molecule has 37 heavy (non-hydrogen) atoms. The Morgan fingerprint density at radius 3 is 2.24 bits per heavy atom. The predicted octanol–water partition coefficient (Wildman–Crippen LogP) is 5.64. The van der Waals surface area contributed by atoms with Crippen LogP contribution in [0.1, 0.15) is 48.6 Å². The zero-order valence-corrected chi connectivity index (χ0v) is 21.3. The van der Waals surface area contributed by atoms with Gasteiger partial charge in [0.1, 0.15) is 17.3 Å². The van der Waals surface area contributed by atoms with Gasteiger partial charge in [-0.3, -0.25) is 19.3 Å². The van der Waals surface area contributed by atoms with Crippen molar-refractivity contribution in [3.8, 4) is 11.5 Å². The summed E-state index contributed by atoms with van der Waals surface area (Å²) < 4.78 is 10.8. The van der Waals surface area contributed by atoms with E-state index in [4.69, 9.17) is 9.47 Å². The Kier molecular flexibility index (Phi) is 7.43. The van der Waals surface area contributed by atoms with Crippen LogP contribution in [0.5, 0.6) is 11.5 Å². The fraction of sp³-hybridized carbons (Fsp3) is 0.233. The van der Waals surface area contributed by atoms with Crippen molar-refractivity contribution in [2.45, 2.75) is 40.2 Å². The van der Waals surface area contributed by atoms with Crippen LogP contribution in [0.25, 0.3) is 5.76 Å². The van der Waals surface area contributed by atoms with Gasteiger partial charge in [-0.15, -0.1) is 0 Å². The highest BCUT2D eigenvalue weighted by Gasteiger charge is 2.47. The molecule has 1 aliphatic rings. The summed E-state index contributed by atoms with van der Waals surface area (Å²) in [6, 6.07) is 18.1. The second-order valence-corrected chi connectivity index (χ2v) is 9.05. The fourth-order valence-corrected chi connectivity index (χ4v) is 4.50. The molecule has 1 fully saturated rings. The van der Waals surface area contributed by atoms with E-state index in [0.29, 0.717) is 34.9 Å². The molecule has 0 saturated carbocycles. The lowest BCUT2D eigenvalue weighted by Crippen LogP contribution is -2.29. The summed E-state index contributed by atoms with van der Waals surface area (Å²) in [5.74, 6) is -1.39. The van der Waals surface area contributed by atoms with Gasteiger partial charge in [-0.25, -0.2) is 0 Å². The van der Waals surface area contributed by atoms with Crippen molar-refractivity contribution in [2.75, 3.05) is 11.5 Å². The number of aliphatic hydroxyl groups excluding tert-OH is 1. The second-order valence-electron chi connectivity index (χ2n) is 9.05. The number of rotatable bonds is 7. The highest BCUT2D eigenvalue weighted by atomic mass is 16.5. The lowest BCUT2D eigenvalue weighted by Gasteiger charge is -2.26. The maximum atomic E-state index is 13.4. The smallest absolute Gasteiger partial charge is 0.308 e. The van der Waals surface area contributed by atoms with E-state index in [0.717, 1.165) is 17.5 Å². The largest absolute Gasteiger partial charge is 0.507 e. The highest BCUT2D eigenvalue weighted by molar-refractivity contribution is 6.51. The van der Waals surface area contributed by atoms with Gasteiger partial charge < -0.3 is 14.6 Å². The van der Waals surface area contributed by atoms with E-state index in [1.54, 1.807) is 48.5 Å². The molecule has 1 amide bonds. The number of Topliss-reactive ketones (excluding diaryl/α,β-unsaturated/α-hetero) is 1. The van der Waals surface area contributed by atoms with Crippen LogP contribution in [0.2, 0.25) is 0 Å². The first-order valence-electron chi connectivity index (χ1n) is 12.1. The van der Waals surface area contributed by atoms with Gasteiger partial charge in [-0.05, 0) is 73.4 Å². The highest BCUT2D eigenvalue weighted by Crippen LogP contribution is 2.43. The molecule has 1 atom stereocenters. The first-order chi connectivity index (χ1) is 17.7. The maximum absolute atomic E-state index is 13.4. The van der Waals surface area contributed by atoms with Crippen molar-refractivity contribution in [1.82, 2.24) is 0 Å². The normalized spacial score (nSPS) is 16.6. The Balaban J connectivity index is 1.89. The number of hydrogen-bond donors (Lipinski definition) is 1. The predicted molar refractivity (Wildman–Crippen MR) is 141 cm³/mol. The molecule has 0 spiro atoms. The summed E-state index contributed by atoms with van der Waals surface area (Å²) in [6.45, 7) is 7.64. The van der Waals surface area contributed by atoms with Crippen molar-refractivity contribution < 1.29 is 29.0 Å². The lowest BCUT2D eigenvalue weighted by molar-refractivity contribution is -0.132. The molecule has 7 heteroatoms. The van der Waals surface area contributed by atoms with Crippen LogP contribution in [0, 0.1) is 13.8 Å². The van der Waals surface area contributed by atoms with Gasteiger partial charge in [0, 0.05) is 18.2 Å². The van der Waals surface area contributed by atoms with Crippen LogP contribution >= 0.6 is 0 Å². The summed E-state index contributed by atoms with van der Waals surface area (Å²) >= 11 is 0. The van der Waals surface area contributed by atoms with E-state index in [1.807, 2.05) is 39.0 Å². The van der Waals surface area contributed by atoms with Crippen LogP contribution in [0.15, 0.2) is 72.3 Å². The lowest BCUT2D eigenvalue weighted by atomic mass is 9.95. The minimum atomic E-state index is -0.896. The maximum Gasteiger partial charge on any atom is 0.308 e. The van der Waals surface area contributed by atoms with Gasteiger partial charge >= 0.3 is 5.97 Å². The van der Waals surface area contributed by atoms with Crippen molar-refractivity contribution in [3.63, 3.8) is 0 Å². The number of aliphatic hydroxyl groups is 1.